The Labute approximate surface area is 638 Å². The Morgan fingerprint density at radius 1 is 0.269 bits per heavy atom. The fourth-order valence-electron chi connectivity index (χ4n) is 13.1. The second-order valence-corrected chi connectivity index (χ2v) is 34.9. The molecule has 19 heteroatoms. The van der Waals surface area contributed by atoms with Gasteiger partial charge in [0.05, 0.1) is 26.4 Å². The molecule has 17 nitrogen and oxygen atoms in total. The largest absolute Gasteiger partial charge is 0.472 e. The number of unbranched alkanes of at least 4 members (excludes halogenated alkanes) is 46. The number of ether oxygens (including phenoxy) is 4. The lowest BCUT2D eigenvalue weighted by Crippen LogP contribution is -2.30. The molecule has 0 spiro atoms. The Bertz CT molecular complexity index is 2030. The molecule has 0 aliphatic heterocycles. The molecule has 0 aromatic carbocycles. The van der Waals surface area contributed by atoms with Crippen molar-refractivity contribution in [3.05, 3.63) is 0 Å². The Morgan fingerprint density at radius 2 is 0.462 bits per heavy atom. The van der Waals surface area contributed by atoms with Gasteiger partial charge in [-0.1, -0.05) is 389 Å². The second kappa shape index (κ2) is 73.8. The van der Waals surface area contributed by atoms with Crippen molar-refractivity contribution in [1.82, 2.24) is 0 Å². The molecule has 0 aromatic rings. The van der Waals surface area contributed by atoms with Gasteiger partial charge in [-0.25, -0.2) is 9.13 Å². The third kappa shape index (κ3) is 75.5. The zero-order chi connectivity index (χ0) is 76.7. The quantitative estimate of drug-likeness (QED) is 0.0222. The zero-order valence-electron chi connectivity index (χ0n) is 68.7. The summed E-state index contributed by atoms with van der Waals surface area (Å²) in [4.78, 5) is 73.2. The lowest BCUT2D eigenvalue weighted by Gasteiger charge is -2.21. The number of hydrogen-bond acceptors (Lipinski definition) is 15. The summed E-state index contributed by atoms with van der Waals surface area (Å²) in [6.45, 7) is 14.3. The highest BCUT2D eigenvalue weighted by Gasteiger charge is 2.30. The van der Waals surface area contributed by atoms with Gasteiger partial charge in [0.2, 0.25) is 0 Å². The summed E-state index contributed by atoms with van der Waals surface area (Å²) in [5.74, 6) is 1.08. The summed E-state index contributed by atoms with van der Waals surface area (Å²) in [7, 11) is -9.93. The maximum Gasteiger partial charge on any atom is 0.472 e. The van der Waals surface area contributed by atoms with Gasteiger partial charge >= 0.3 is 39.5 Å². The fourth-order valence-corrected chi connectivity index (χ4v) is 14.7. The van der Waals surface area contributed by atoms with Crippen molar-refractivity contribution in [3.63, 3.8) is 0 Å². The number of phosphoric acid groups is 2. The molecule has 7 atom stereocenters. The SMILES string of the molecule is CCC(C)CCCCCCCCCCCCCCCCC(=O)OC[C@H](COP(=O)(O)OC[C@@H](O)COP(=O)(O)OC[C@@H](COC(=O)CCCCCCCCC(C)CC)OC(=O)CCCCCCCCCCCCCCCCC(C)C)OC(=O)CCCCCCCCCCCCCCCCCCC(C)C. The van der Waals surface area contributed by atoms with Gasteiger partial charge in [0, 0.05) is 25.7 Å². The van der Waals surface area contributed by atoms with Crippen LogP contribution in [0.4, 0.5) is 0 Å². The van der Waals surface area contributed by atoms with E-state index in [9.17, 15) is 43.2 Å². The first-order valence-electron chi connectivity index (χ1n) is 43.8. The van der Waals surface area contributed by atoms with Crippen LogP contribution in [0.1, 0.15) is 441 Å². The molecule has 0 saturated heterocycles. The van der Waals surface area contributed by atoms with Crippen molar-refractivity contribution in [3.8, 4) is 0 Å². The van der Waals surface area contributed by atoms with Crippen molar-refractivity contribution >= 4 is 39.5 Å². The Hall–Kier alpha value is -1.94. The van der Waals surface area contributed by atoms with Crippen LogP contribution in [-0.2, 0) is 65.4 Å². The van der Waals surface area contributed by atoms with E-state index >= 15 is 0 Å². The molecule has 0 fully saturated rings. The highest BCUT2D eigenvalue weighted by molar-refractivity contribution is 7.47. The smallest absolute Gasteiger partial charge is 0.462 e. The predicted octanol–water partition coefficient (Wildman–Crippen LogP) is 25.6. The van der Waals surface area contributed by atoms with Crippen LogP contribution in [0.2, 0.25) is 0 Å². The van der Waals surface area contributed by atoms with Crippen molar-refractivity contribution in [1.29, 1.82) is 0 Å². The fraction of sp³-hybridized carbons (Fsp3) is 0.953. The van der Waals surface area contributed by atoms with Gasteiger partial charge in [-0.2, -0.15) is 0 Å². The molecule has 0 heterocycles. The first-order chi connectivity index (χ1) is 50.2. The van der Waals surface area contributed by atoms with E-state index in [0.29, 0.717) is 25.7 Å². The molecule has 0 aromatic heterocycles. The monoisotopic (exact) mass is 1520 g/mol. The van der Waals surface area contributed by atoms with Gasteiger partial charge in [-0.15, -0.1) is 0 Å². The number of aliphatic hydroxyl groups excluding tert-OH is 1. The minimum Gasteiger partial charge on any atom is -0.462 e. The molecule has 0 radical (unpaired) electrons. The standard InChI is InChI=1S/C85H166O17P2/c1-9-77(7)63-55-47-39-33-27-21-16-18-22-28-34-40-49-57-65-82(87)95-71-80(101-84(89)67-59-51-41-35-29-23-14-12-11-13-19-25-31-37-45-53-61-75(3)4)73-99-103(91,92)97-69-79(86)70-98-104(93,94)100-74-81(72-96-83(88)66-58-50-44-43-48-56-64-78(8)10-2)102-85(90)68-60-52-42-36-30-24-17-15-20-26-32-38-46-54-62-76(5)6/h75-81,86H,9-74H2,1-8H3,(H,91,92)(H,93,94)/t77?,78?,79-,80-,81-/m1/s1. The zero-order valence-corrected chi connectivity index (χ0v) is 70.5. The lowest BCUT2D eigenvalue weighted by atomic mass is 9.99. The first kappa shape index (κ1) is 102. The third-order valence-electron chi connectivity index (χ3n) is 20.5. The normalized spacial score (nSPS) is 14.5. The van der Waals surface area contributed by atoms with Crippen molar-refractivity contribution < 1.29 is 80.2 Å². The molecule has 618 valence electrons. The average Bonchev–Trinajstić information content (AvgIpc) is 0.950. The van der Waals surface area contributed by atoms with Crippen LogP contribution in [-0.4, -0.2) is 96.7 Å². The average molecular weight is 1520 g/mol. The van der Waals surface area contributed by atoms with E-state index in [0.717, 1.165) is 120 Å². The lowest BCUT2D eigenvalue weighted by molar-refractivity contribution is -0.161. The van der Waals surface area contributed by atoms with Gasteiger partial charge in [-0.05, 0) is 49.4 Å². The Balaban J connectivity index is 5.25. The second-order valence-electron chi connectivity index (χ2n) is 32.0. The minimum atomic E-state index is -4.97. The molecule has 104 heavy (non-hydrogen) atoms. The molecule has 0 amide bonds. The molecule has 4 unspecified atom stereocenters. The van der Waals surface area contributed by atoms with Gasteiger partial charge in [-0.3, -0.25) is 37.3 Å². The van der Waals surface area contributed by atoms with E-state index < -0.39 is 97.5 Å². The van der Waals surface area contributed by atoms with Crippen LogP contribution >= 0.6 is 15.6 Å². The van der Waals surface area contributed by atoms with Crippen molar-refractivity contribution in [2.75, 3.05) is 39.6 Å². The number of esters is 4. The van der Waals surface area contributed by atoms with Crippen LogP contribution in [0, 0.1) is 23.7 Å². The third-order valence-corrected chi connectivity index (χ3v) is 22.4. The van der Waals surface area contributed by atoms with Gasteiger partial charge < -0.3 is 33.8 Å². The molecule has 0 bridgehead atoms. The van der Waals surface area contributed by atoms with Crippen LogP contribution in [0.15, 0.2) is 0 Å². The number of aliphatic hydroxyl groups is 1. The Kier molecular flexibility index (Phi) is 72.5. The van der Waals surface area contributed by atoms with E-state index in [2.05, 4.69) is 55.4 Å². The van der Waals surface area contributed by atoms with Crippen LogP contribution in [0.5, 0.6) is 0 Å². The molecule has 0 rings (SSSR count). The van der Waals surface area contributed by atoms with Gasteiger partial charge in [0.15, 0.2) is 12.2 Å². The van der Waals surface area contributed by atoms with Crippen LogP contribution in [0.3, 0.4) is 0 Å². The molecule has 0 aliphatic rings. The number of rotatable bonds is 82. The summed E-state index contributed by atoms with van der Waals surface area (Å²) >= 11 is 0. The van der Waals surface area contributed by atoms with E-state index in [4.69, 9.17) is 37.0 Å². The summed E-state index contributed by atoms with van der Waals surface area (Å²) < 4.78 is 68.9. The highest BCUT2D eigenvalue weighted by atomic mass is 31.2. The van der Waals surface area contributed by atoms with Gasteiger partial charge in [0.1, 0.15) is 19.3 Å². The molecule has 0 saturated carbocycles. The summed E-state index contributed by atoms with van der Waals surface area (Å²) in [6.07, 6.45) is 62.4. The Morgan fingerprint density at radius 3 is 0.683 bits per heavy atom. The van der Waals surface area contributed by atoms with E-state index in [1.54, 1.807) is 0 Å². The maximum absolute atomic E-state index is 13.1. The molecule has 0 aliphatic carbocycles. The van der Waals surface area contributed by atoms with Crippen molar-refractivity contribution in [2.24, 2.45) is 23.7 Å². The minimum absolute atomic E-state index is 0.106. The van der Waals surface area contributed by atoms with E-state index in [1.165, 1.54) is 238 Å². The van der Waals surface area contributed by atoms with Crippen LogP contribution < -0.4 is 0 Å². The topological polar surface area (TPSA) is 237 Å². The summed E-state index contributed by atoms with van der Waals surface area (Å²) in [5.41, 5.74) is 0. The molecule has 3 N–H and O–H groups in total. The highest BCUT2D eigenvalue weighted by Crippen LogP contribution is 2.45. The number of phosphoric ester groups is 2. The number of hydrogen-bond donors (Lipinski definition) is 3. The van der Waals surface area contributed by atoms with Crippen LogP contribution in [0.25, 0.3) is 0 Å². The molecular weight excluding hydrogens is 1350 g/mol. The first-order valence-corrected chi connectivity index (χ1v) is 46.8. The number of carbonyl (C=O) groups excluding carboxylic acids is 4. The van der Waals surface area contributed by atoms with E-state index in [1.807, 2.05) is 0 Å². The molecular formula is C85H166O17P2. The van der Waals surface area contributed by atoms with Gasteiger partial charge in [0.25, 0.3) is 0 Å². The summed E-state index contributed by atoms with van der Waals surface area (Å²) in [5, 5.41) is 10.7. The number of carbonyl (C=O) groups is 4. The predicted molar refractivity (Wildman–Crippen MR) is 428 cm³/mol. The maximum atomic E-state index is 13.1. The van der Waals surface area contributed by atoms with E-state index in [-0.39, 0.29) is 25.7 Å². The van der Waals surface area contributed by atoms with Crippen molar-refractivity contribution in [2.45, 2.75) is 459 Å². The summed E-state index contributed by atoms with van der Waals surface area (Å²) in [6, 6.07) is 0.